The van der Waals surface area contributed by atoms with Gasteiger partial charge in [0.25, 0.3) is 0 Å². The molecule has 21 heavy (non-hydrogen) atoms. The van der Waals surface area contributed by atoms with Crippen LogP contribution in [0.5, 0.6) is 0 Å². The first-order chi connectivity index (χ1) is 9.65. The lowest BCUT2D eigenvalue weighted by Crippen LogP contribution is -2.49. The van der Waals surface area contributed by atoms with Crippen molar-refractivity contribution in [1.82, 2.24) is 9.80 Å². The molecule has 0 bridgehead atoms. The van der Waals surface area contributed by atoms with Crippen LogP contribution in [0, 0.1) is 0 Å². The molecule has 1 saturated heterocycles. The second-order valence-corrected chi connectivity index (χ2v) is 5.04. The molecule has 5 nitrogen and oxygen atoms in total. The molecule has 1 aliphatic rings. The van der Waals surface area contributed by atoms with Crippen LogP contribution in [0.4, 0.5) is 0 Å². The summed E-state index contributed by atoms with van der Waals surface area (Å²) in [4.78, 5) is 26.4. The Morgan fingerprint density at radius 3 is 2.24 bits per heavy atom. The van der Waals surface area contributed by atoms with E-state index in [-0.39, 0.29) is 24.9 Å². The summed E-state index contributed by atoms with van der Waals surface area (Å²) in [5.41, 5.74) is 1.17. The highest BCUT2D eigenvalue weighted by atomic mass is 35.5. The van der Waals surface area contributed by atoms with Crippen LogP contribution >= 0.6 is 12.4 Å². The van der Waals surface area contributed by atoms with Crippen molar-refractivity contribution in [3.8, 4) is 0 Å². The van der Waals surface area contributed by atoms with Gasteiger partial charge in [0, 0.05) is 32.6 Å². The van der Waals surface area contributed by atoms with Crippen LogP contribution in [-0.4, -0.2) is 59.5 Å². The van der Waals surface area contributed by atoms with Crippen molar-refractivity contribution in [3.05, 3.63) is 35.9 Å². The van der Waals surface area contributed by atoms with E-state index in [9.17, 15) is 9.59 Å². The molecule has 0 radical (unpaired) electrons. The maximum absolute atomic E-state index is 12.1. The van der Waals surface area contributed by atoms with E-state index in [2.05, 4.69) is 0 Å². The highest BCUT2D eigenvalue weighted by Crippen LogP contribution is 2.07. The lowest BCUT2D eigenvalue weighted by Gasteiger charge is -2.33. The summed E-state index contributed by atoms with van der Waals surface area (Å²) >= 11 is 0. The molecule has 0 spiro atoms. The molecule has 0 aromatic heterocycles. The van der Waals surface area contributed by atoms with Crippen LogP contribution in [0.2, 0.25) is 0 Å². The monoisotopic (exact) mass is 312 g/mol. The number of halogens is 1. The van der Waals surface area contributed by atoms with Crippen LogP contribution in [-0.2, 0) is 16.0 Å². The molecule has 0 atom stereocenters. The topological polar surface area (TPSA) is 60.9 Å². The van der Waals surface area contributed by atoms with Gasteiger partial charge in [-0.2, -0.15) is 0 Å². The minimum absolute atomic E-state index is 0. The van der Waals surface area contributed by atoms with Crippen molar-refractivity contribution in [2.45, 2.75) is 12.8 Å². The highest BCUT2D eigenvalue weighted by molar-refractivity contribution is 5.85. The largest absolute Gasteiger partial charge is 0.480 e. The molecule has 1 aromatic carbocycles. The van der Waals surface area contributed by atoms with Crippen LogP contribution in [0.15, 0.2) is 30.3 Å². The normalized spacial score (nSPS) is 15.3. The molecular formula is C15H21ClN2O3. The number of carbonyl (C=O) groups excluding carboxylic acids is 1. The molecule has 1 amide bonds. The van der Waals surface area contributed by atoms with E-state index in [4.69, 9.17) is 5.11 Å². The summed E-state index contributed by atoms with van der Waals surface area (Å²) in [6.45, 7) is 2.60. The van der Waals surface area contributed by atoms with Crippen molar-refractivity contribution in [2.75, 3.05) is 32.7 Å². The van der Waals surface area contributed by atoms with E-state index in [1.807, 2.05) is 40.1 Å². The van der Waals surface area contributed by atoms with Gasteiger partial charge in [0.2, 0.25) is 5.91 Å². The van der Waals surface area contributed by atoms with E-state index < -0.39 is 5.97 Å². The van der Waals surface area contributed by atoms with Gasteiger partial charge in [0.1, 0.15) is 0 Å². The molecule has 116 valence electrons. The Morgan fingerprint density at radius 1 is 1.05 bits per heavy atom. The summed E-state index contributed by atoms with van der Waals surface area (Å²) in [6.07, 6.45) is 1.28. The van der Waals surface area contributed by atoms with Gasteiger partial charge >= 0.3 is 5.97 Å². The zero-order valence-corrected chi connectivity index (χ0v) is 12.7. The minimum Gasteiger partial charge on any atom is -0.480 e. The lowest BCUT2D eigenvalue weighted by molar-refractivity contribution is -0.139. The molecule has 2 rings (SSSR count). The maximum Gasteiger partial charge on any atom is 0.317 e. The van der Waals surface area contributed by atoms with Crippen LogP contribution < -0.4 is 0 Å². The zero-order chi connectivity index (χ0) is 14.4. The Hall–Kier alpha value is -1.59. The van der Waals surface area contributed by atoms with Gasteiger partial charge in [-0.15, -0.1) is 12.4 Å². The van der Waals surface area contributed by atoms with Crippen molar-refractivity contribution in [1.29, 1.82) is 0 Å². The number of carboxylic acids is 1. The quantitative estimate of drug-likeness (QED) is 0.889. The number of carboxylic acid groups (broad SMARTS) is 1. The molecule has 1 aromatic rings. The standard InChI is InChI=1S/C15H20N2O3.ClH/c18-14(7-6-13-4-2-1-3-5-13)17-10-8-16(9-11-17)12-15(19)20;/h1-5H,6-12H2,(H,19,20);1H. The zero-order valence-electron chi connectivity index (χ0n) is 11.9. The number of nitrogens with zero attached hydrogens (tertiary/aromatic N) is 2. The molecule has 1 N–H and O–H groups in total. The molecule has 0 aliphatic carbocycles. The van der Waals surface area contributed by atoms with E-state index >= 15 is 0 Å². The second kappa shape index (κ2) is 8.64. The predicted molar refractivity (Wildman–Crippen MR) is 82.7 cm³/mol. The van der Waals surface area contributed by atoms with E-state index in [1.165, 1.54) is 5.56 Å². The number of hydrogen-bond donors (Lipinski definition) is 1. The van der Waals surface area contributed by atoms with Gasteiger partial charge in [-0.05, 0) is 12.0 Å². The third kappa shape index (κ3) is 5.73. The number of aryl methyl sites for hydroxylation is 1. The molecule has 1 fully saturated rings. The van der Waals surface area contributed by atoms with Crippen molar-refractivity contribution in [2.24, 2.45) is 0 Å². The fourth-order valence-electron chi connectivity index (χ4n) is 2.40. The Morgan fingerprint density at radius 2 is 1.67 bits per heavy atom. The third-order valence-electron chi connectivity index (χ3n) is 3.55. The highest BCUT2D eigenvalue weighted by Gasteiger charge is 2.21. The number of benzene rings is 1. The smallest absolute Gasteiger partial charge is 0.317 e. The molecule has 1 aliphatic heterocycles. The summed E-state index contributed by atoms with van der Waals surface area (Å²) in [5.74, 6) is -0.655. The number of carbonyl (C=O) groups is 2. The number of piperazine rings is 1. The van der Waals surface area contributed by atoms with Crippen LogP contribution in [0.1, 0.15) is 12.0 Å². The minimum atomic E-state index is -0.811. The van der Waals surface area contributed by atoms with Gasteiger partial charge in [-0.25, -0.2) is 0 Å². The molecule has 1 heterocycles. The average molecular weight is 313 g/mol. The Balaban J connectivity index is 0.00000220. The molecular weight excluding hydrogens is 292 g/mol. The van der Waals surface area contributed by atoms with Crippen molar-refractivity contribution >= 4 is 24.3 Å². The predicted octanol–water partition coefficient (Wildman–Crippen LogP) is 1.27. The van der Waals surface area contributed by atoms with Gasteiger partial charge in [-0.1, -0.05) is 30.3 Å². The lowest BCUT2D eigenvalue weighted by atomic mass is 10.1. The van der Waals surface area contributed by atoms with Crippen LogP contribution in [0.3, 0.4) is 0 Å². The number of rotatable bonds is 5. The fourth-order valence-corrected chi connectivity index (χ4v) is 2.40. The molecule has 0 unspecified atom stereocenters. The third-order valence-corrected chi connectivity index (χ3v) is 3.55. The Bertz CT molecular complexity index is 459. The number of amides is 1. The molecule has 0 saturated carbocycles. The summed E-state index contributed by atoms with van der Waals surface area (Å²) in [6, 6.07) is 9.97. The first-order valence-corrected chi connectivity index (χ1v) is 6.91. The second-order valence-electron chi connectivity index (χ2n) is 5.04. The summed E-state index contributed by atoms with van der Waals surface area (Å²) in [5, 5.41) is 8.73. The van der Waals surface area contributed by atoms with Crippen molar-refractivity contribution in [3.63, 3.8) is 0 Å². The van der Waals surface area contributed by atoms with Crippen LogP contribution in [0.25, 0.3) is 0 Å². The van der Waals surface area contributed by atoms with Gasteiger partial charge in [0.05, 0.1) is 6.54 Å². The summed E-state index contributed by atoms with van der Waals surface area (Å²) < 4.78 is 0. The SMILES string of the molecule is Cl.O=C(O)CN1CCN(C(=O)CCc2ccccc2)CC1. The van der Waals surface area contributed by atoms with Gasteiger partial charge in [0.15, 0.2) is 0 Å². The Labute approximate surface area is 131 Å². The van der Waals surface area contributed by atoms with Gasteiger partial charge < -0.3 is 10.0 Å². The van der Waals surface area contributed by atoms with E-state index in [1.54, 1.807) is 0 Å². The average Bonchev–Trinajstić information content (AvgIpc) is 2.46. The van der Waals surface area contributed by atoms with E-state index in [0.29, 0.717) is 32.6 Å². The fraction of sp³-hybridized carbons (Fsp3) is 0.467. The first kappa shape index (κ1) is 17.5. The van der Waals surface area contributed by atoms with Crippen molar-refractivity contribution < 1.29 is 14.7 Å². The van der Waals surface area contributed by atoms with E-state index in [0.717, 1.165) is 6.42 Å². The number of aliphatic carboxylic acids is 1. The number of hydrogen-bond acceptors (Lipinski definition) is 3. The van der Waals surface area contributed by atoms with Gasteiger partial charge in [-0.3, -0.25) is 14.5 Å². The summed E-state index contributed by atoms with van der Waals surface area (Å²) in [7, 11) is 0. The Kier molecular flexibility index (Phi) is 7.19. The first-order valence-electron chi connectivity index (χ1n) is 6.91. The molecule has 6 heteroatoms. The maximum atomic E-state index is 12.1.